The van der Waals surface area contributed by atoms with Gasteiger partial charge in [-0.2, -0.15) is 0 Å². The van der Waals surface area contributed by atoms with Crippen molar-refractivity contribution in [2.45, 2.75) is 39.2 Å². The van der Waals surface area contributed by atoms with Gasteiger partial charge in [0.15, 0.2) is 0 Å². The van der Waals surface area contributed by atoms with Crippen LogP contribution >= 0.6 is 11.6 Å². The van der Waals surface area contributed by atoms with E-state index in [2.05, 4.69) is 9.80 Å². The first-order valence-corrected chi connectivity index (χ1v) is 11.3. The first-order chi connectivity index (χ1) is 14.5. The van der Waals surface area contributed by atoms with Crippen LogP contribution in [0.1, 0.15) is 36.8 Å². The molecule has 0 bridgehead atoms. The molecule has 0 radical (unpaired) electrons. The van der Waals surface area contributed by atoms with E-state index < -0.39 is 0 Å². The van der Waals surface area contributed by atoms with Crippen molar-refractivity contribution in [3.8, 4) is 0 Å². The van der Waals surface area contributed by atoms with E-state index in [9.17, 15) is 9.59 Å². The molecule has 1 aromatic carbocycles. The highest BCUT2D eigenvalue weighted by molar-refractivity contribution is 6.32. The van der Waals surface area contributed by atoms with Crippen LogP contribution in [-0.2, 0) is 11.3 Å². The Morgan fingerprint density at radius 3 is 2.33 bits per heavy atom. The third kappa shape index (κ3) is 5.05. The van der Waals surface area contributed by atoms with E-state index in [1.165, 1.54) is 12.8 Å². The summed E-state index contributed by atoms with van der Waals surface area (Å²) in [6, 6.07) is 5.29. The standard InChI is InChI=1S/C23H30ClN3O3/c1-17-12-21-19(14-20(17)24)18(13-23(29)30-21)15-25-8-10-26(11-9-25)16-22(28)27-6-4-2-3-5-7-27/h12-14H,2-11,15-16H2,1H3. The van der Waals surface area contributed by atoms with Crippen molar-refractivity contribution in [1.29, 1.82) is 0 Å². The van der Waals surface area contributed by atoms with Gasteiger partial charge in [0.1, 0.15) is 5.58 Å². The molecule has 0 unspecified atom stereocenters. The summed E-state index contributed by atoms with van der Waals surface area (Å²) in [4.78, 5) is 31.3. The molecule has 2 aliphatic rings. The zero-order valence-corrected chi connectivity index (χ0v) is 18.4. The van der Waals surface area contributed by atoms with E-state index in [0.29, 0.717) is 23.7 Å². The average molecular weight is 432 g/mol. The maximum atomic E-state index is 12.6. The fraction of sp³-hybridized carbons (Fsp3) is 0.565. The third-order valence-electron chi connectivity index (χ3n) is 6.29. The number of hydrogen-bond acceptors (Lipinski definition) is 5. The second-order valence-electron chi connectivity index (χ2n) is 8.54. The zero-order valence-electron chi connectivity index (χ0n) is 17.7. The Hall–Kier alpha value is -1.89. The van der Waals surface area contributed by atoms with Crippen molar-refractivity contribution < 1.29 is 9.21 Å². The van der Waals surface area contributed by atoms with Crippen LogP contribution in [-0.4, -0.2) is 66.4 Å². The predicted molar refractivity (Wildman–Crippen MR) is 119 cm³/mol. The van der Waals surface area contributed by atoms with Gasteiger partial charge in [-0.05, 0) is 43.0 Å². The average Bonchev–Trinajstić information content (AvgIpc) is 3.00. The van der Waals surface area contributed by atoms with Gasteiger partial charge in [0.2, 0.25) is 5.91 Å². The lowest BCUT2D eigenvalue weighted by atomic mass is 10.1. The Morgan fingerprint density at radius 1 is 0.967 bits per heavy atom. The Kier molecular flexibility index (Phi) is 6.76. The number of piperazine rings is 1. The number of benzene rings is 1. The molecule has 1 amide bonds. The minimum absolute atomic E-state index is 0.266. The van der Waals surface area contributed by atoms with Crippen molar-refractivity contribution in [2.24, 2.45) is 0 Å². The fourth-order valence-electron chi connectivity index (χ4n) is 4.44. The van der Waals surface area contributed by atoms with E-state index in [1.54, 1.807) is 6.07 Å². The molecule has 0 spiro atoms. The summed E-state index contributed by atoms with van der Waals surface area (Å²) in [6.45, 7) is 8.37. The van der Waals surface area contributed by atoms with E-state index in [0.717, 1.165) is 68.6 Å². The van der Waals surface area contributed by atoms with Crippen molar-refractivity contribution >= 4 is 28.5 Å². The van der Waals surface area contributed by atoms with Crippen LogP contribution in [0.2, 0.25) is 5.02 Å². The Morgan fingerprint density at radius 2 is 1.63 bits per heavy atom. The van der Waals surface area contributed by atoms with Gasteiger partial charge in [-0.1, -0.05) is 24.4 Å². The van der Waals surface area contributed by atoms with Crippen molar-refractivity contribution in [3.05, 3.63) is 44.8 Å². The molecule has 162 valence electrons. The van der Waals surface area contributed by atoms with Gasteiger partial charge in [0, 0.05) is 62.3 Å². The Balaban J connectivity index is 1.36. The molecule has 0 atom stereocenters. The predicted octanol–water partition coefficient (Wildman–Crippen LogP) is 3.28. The lowest BCUT2D eigenvalue weighted by Gasteiger charge is -2.35. The van der Waals surface area contributed by atoms with Gasteiger partial charge in [0.25, 0.3) is 0 Å². The molecule has 6 nitrogen and oxygen atoms in total. The lowest BCUT2D eigenvalue weighted by Crippen LogP contribution is -2.49. The van der Waals surface area contributed by atoms with Crippen LogP contribution in [0.4, 0.5) is 0 Å². The second kappa shape index (κ2) is 9.50. The largest absolute Gasteiger partial charge is 0.423 e. The van der Waals surface area contributed by atoms with Gasteiger partial charge in [0.05, 0.1) is 6.54 Å². The van der Waals surface area contributed by atoms with Crippen LogP contribution in [0, 0.1) is 6.92 Å². The highest BCUT2D eigenvalue weighted by Crippen LogP contribution is 2.26. The summed E-state index contributed by atoms with van der Waals surface area (Å²) in [7, 11) is 0. The Labute approximate surface area is 182 Å². The highest BCUT2D eigenvalue weighted by atomic mass is 35.5. The molecule has 2 fully saturated rings. The van der Waals surface area contributed by atoms with Gasteiger partial charge < -0.3 is 9.32 Å². The number of rotatable bonds is 4. The number of hydrogen-bond donors (Lipinski definition) is 0. The molecular formula is C23H30ClN3O3. The van der Waals surface area contributed by atoms with Crippen molar-refractivity contribution in [1.82, 2.24) is 14.7 Å². The zero-order chi connectivity index (χ0) is 21.1. The summed E-state index contributed by atoms with van der Waals surface area (Å²) in [5.41, 5.74) is 2.09. The second-order valence-corrected chi connectivity index (χ2v) is 8.94. The smallest absolute Gasteiger partial charge is 0.336 e. The van der Waals surface area contributed by atoms with Gasteiger partial charge in [-0.25, -0.2) is 4.79 Å². The fourth-order valence-corrected chi connectivity index (χ4v) is 4.60. The number of amides is 1. The van der Waals surface area contributed by atoms with Crippen LogP contribution in [0.15, 0.2) is 27.4 Å². The monoisotopic (exact) mass is 431 g/mol. The molecular weight excluding hydrogens is 402 g/mol. The maximum absolute atomic E-state index is 12.6. The van der Waals surface area contributed by atoms with E-state index >= 15 is 0 Å². The number of nitrogens with zero attached hydrogens (tertiary/aromatic N) is 3. The first kappa shape index (κ1) is 21.3. The van der Waals surface area contributed by atoms with Gasteiger partial charge >= 0.3 is 5.63 Å². The number of fused-ring (bicyclic) bond motifs is 1. The molecule has 2 aromatic rings. The van der Waals surface area contributed by atoms with E-state index in [4.69, 9.17) is 16.0 Å². The summed E-state index contributed by atoms with van der Waals surface area (Å²) >= 11 is 6.31. The van der Waals surface area contributed by atoms with Gasteiger partial charge in [-0.3, -0.25) is 14.6 Å². The molecule has 0 aliphatic carbocycles. The van der Waals surface area contributed by atoms with Crippen molar-refractivity contribution in [3.63, 3.8) is 0 Å². The van der Waals surface area contributed by atoms with Crippen LogP contribution < -0.4 is 5.63 Å². The molecule has 30 heavy (non-hydrogen) atoms. The third-order valence-corrected chi connectivity index (χ3v) is 6.69. The topological polar surface area (TPSA) is 57.0 Å². The van der Waals surface area contributed by atoms with Gasteiger partial charge in [-0.15, -0.1) is 0 Å². The lowest BCUT2D eigenvalue weighted by molar-refractivity contribution is -0.132. The first-order valence-electron chi connectivity index (χ1n) is 10.9. The summed E-state index contributed by atoms with van der Waals surface area (Å²) in [5.74, 6) is 0.266. The molecule has 4 rings (SSSR count). The molecule has 2 saturated heterocycles. The Bertz CT molecular complexity index is 958. The number of carbonyl (C=O) groups is 1. The summed E-state index contributed by atoms with van der Waals surface area (Å²) in [5, 5.41) is 1.57. The summed E-state index contributed by atoms with van der Waals surface area (Å²) < 4.78 is 5.37. The quantitative estimate of drug-likeness (QED) is 0.695. The van der Waals surface area contributed by atoms with Crippen LogP contribution in [0.3, 0.4) is 0 Å². The molecule has 3 heterocycles. The molecule has 0 N–H and O–H groups in total. The highest BCUT2D eigenvalue weighted by Gasteiger charge is 2.23. The van der Waals surface area contributed by atoms with E-state index in [-0.39, 0.29) is 11.5 Å². The minimum Gasteiger partial charge on any atom is -0.423 e. The molecule has 1 aromatic heterocycles. The maximum Gasteiger partial charge on any atom is 0.336 e. The van der Waals surface area contributed by atoms with Crippen LogP contribution in [0.25, 0.3) is 11.0 Å². The minimum atomic E-state index is -0.332. The number of aryl methyl sites for hydroxylation is 1. The van der Waals surface area contributed by atoms with E-state index in [1.807, 2.05) is 24.0 Å². The number of carbonyl (C=O) groups excluding carboxylic acids is 1. The number of likely N-dealkylation sites (tertiary alicyclic amines) is 1. The van der Waals surface area contributed by atoms with Crippen LogP contribution in [0.5, 0.6) is 0 Å². The summed E-state index contributed by atoms with van der Waals surface area (Å²) in [6.07, 6.45) is 4.73. The molecule has 0 saturated carbocycles. The molecule has 2 aliphatic heterocycles. The number of halogens is 1. The molecule has 7 heteroatoms. The SMILES string of the molecule is Cc1cc2oc(=O)cc(CN3CCN(CC(=O)N4CCCCCC4)CC3)c2cc1Cl. The normalized spacial score (nSPS) is 19.2. The van der Waals surface area contributed by atoms with Crippen molar-refractivity contribution in [2.75, 3.05) is 45.8 Å².